The smallest absolute Gasteiger partial charge is 0.209 e. The van der Waals surface area contributed by atoms with Crippen LogP contribution in [0.3, 0.4) is 0 Å². The molecule has 1 nitrogen and oxygen atoms in total. The Balaban J connectivity index is 0.000000810. The summed E-state index contributed by atoms with van der Waals surface area (Å²) in [5.74, 6) is 0. The fourth-order valence-electron chi connectivity index (χ4n) is 0.567. The van der Waals surface area contributed by atoms with Crippen LogP contribution < -0.4 is 0 Å². The summed E-state index contributed by atoms with van der Waals surface area (Å²) < 4.78 is -0.852. The lowest BCUT2D eigenvalue weighted by molar-refractivity contribution is 0.428. The topological polar surface area (TPSA) is 3.24 Å². The Morgan fingerprint density at radius 3 is 2.20 bits per heavy atom. The molecule has 4 heteroatoms. The second kappa shape index (κ2) is 3.83. The fourth-order valence-corrected chi connectivity index (χ4v) is 0.825. The van der Waals surface area contributed by atoms with Crippen LogP contribution in [0, 0.1) is 0 Å². The highest BCUT2D eigenvalue weighted by atomic mass is 127. The molecule has 1 heterocycles. The van der Waals surface area contributed by atoms with Gasteiger partial charge < -0.3 is 4.90 Å². The molecule has 1 aliphatic heterocycles. The first-order chi connectivity index (χ1) is 4.13. The summed E-state index contributed by atoms with van der Waals surface area (Å²) in [4.78, 5) is 1.72. The van der Waals surface area contributed by atoms with Crippen LogP contribution in [-0.2, 0) is 0 Å². The van der Waals surface area contributed by atoms with Gasteiger partial charge in [0, 0.05) is 13.2 Å². The molecule has 0 aromatic heterocycles. The van der Waals surface area contributed by atoms with Crippen LogP contribution in [0.1, 0.15) is 0 Å². The van der Waals surface area contributed by atoms with Gasteiger partial charge in [-0.1, -0.05) is 29.3 Å². The highest BCUT2D eigenvalue weighted by Gasteiger charge is 2.24. The van der Waals surface area contributed by atoms with Gasteiger partial charge in [0.05, 0.1) is 0 Å². The van der Waals surface area contributed by atoms with Crippen molar-refractivity contribution in [3.05, 3.63) is 24.4 Å². The molecule has 0 saturated heterocycles. The van der Waals surface area contributed by atoms with Gasteiger partial charge in [-0.25, -0.2) is 0 Å². The minimum absolute atomic E-state index is 0. The zero-order chi connectivity index (χ0) is 6.91. The summed E-state index contributed by atoms with van der Waals surface area (Å²) in [5, 5.41) is 0. The number of nitrogens with zero attached hydrogens (tertiary/aromatic N) is 1. The molecule has 0 atom stereocenters. The highest BCUT2D eigenvalue weighted by Crippen LogP contribution is 2.28. The average Bonchev–Trinajstić information content (AvgIpc) is 1.77. The maximum atomic E-state index is 5.78. The van der Waals surface area contributed by atoms with Gasteiger partial charge in [0.15, 0.2) is 0 Å². The van der Waals surface area contributed by atoms with Crippen LogP contribution in [0.5, 0.6) is 0 Å². The highest BCUT2D eigenvalue weighted by molar-refractivity contribution is 14.0. The lowest BCUT2D eigenvalue weighted by Crippen LogP contribution is -2.30. The first-order valence-electron chi connectivity index (χ1n) is 2.60. The second-order valence-corrected chi connectivity index (χ2v) is 3.25. The Labute approximate surface area is 87.7 Å². The molecule has 0 spiro atoms. The van der Waals surface area contributed by atoms with E-state index in [0.717, 1.165) is 0 Å². The molecule has 0 aromatic carbocycles. The SMILES string of the molecule is CN1C=CC=CC1(Cl)Cl.I. The maximum absolute atomic E-state index is 5.78. The molecule has 1 rings (SSSR count). The predicted molar refractivity (Wildman–Crippen MR) is 55.9 cm³/mol. The molecule has 0 bridgehead atoms. The van der Waals surface area contributed by atoms with Crippen molar-refractivity contribution in [1.29, 1.82) is 0 Å². The average molecular weight is 292 g/mol. The normalized spacial score (nSPS) is 20.5. The largest absolute Gasteiger partial charge is 0.347 e. The molecule has 0 N–H and O–H groups in total. The number of alkyl halides is 2. The van der Waals surface area contributed by atoms with E-state index in [0.29, 0.717) is 0 Å². The Bertz CT molecular complexity index is 165. The van der Waals surface area contributed by atoms with Gasteiger partial charge in [0.25, 0.3) is 0 Å². The minimum atomic E-state index is -0.852. The molecule has 0 aromatic rings. The monoisotopic (exact) mass is 291 g/mol. The summed E-state index contributed by atoms with van der Waals surface area (Å²) >= 11 is 11.6. The molecule has 10 heavy (non-hydrogen) atoms. The third kappa shape index (κ3) is 2.32. The Morgan fingerprint density at radius 1 is 1.30 bits per heavy atom. The molecule has 0 aliphatic carbocycles. The molecule has 58 valence electrons. The van der Waals surface area contributed by atoms with Crippen LogP contribution >= 0.6 is 47.2 Å². The number of likely N-dealkylation sites (N-methyl/N-ethyl adjacent to an activating group) is 1. The van der Waals surface area contributed by atoms with E-state index in [1.165, 1.54) is 0 Å². The fraction of sp³-hybridized carbons (Fsp3) is 0.333. The van der Waals surface area contributed by atoms with Crippen molar-refractivity contribution < 1.29 is 0 Å². The molecule has 0 radical (unpaired) electrons. The van der Waals surface area contributed by atoms with Crippen LogP contribution in [0.25, 0.3) is 0 Å². The Hall–Kier alpha value is 0.590. The molecule has 0 saturated carbocycles. The van der Waals surface area contributed by atoms with Gasteiger partial charge >= 0.3 is 0 Å². The second-order valence-electron chi connectivity index (χ2n) is 1.90. The summed E-state index contributed by atoms with van der Waals surface area (Å²) in [5.41, 5.74) is 0. The molecule has 0 unspecified atom stereocenters. The third-order valence-corrected chi connectivity index (χ3v) is 1.97. The number of hydrogen-bond donors (Lipinski definition) is 0. The van der Waals surface area contributed by atoms with Gasteiger partial charge in [-0.15, -0.1) is 24.0 Å². The molecule has 0 fully saturated rings. The van der Waals surface area contributed by atoms with Gasteiger partial charge in [-0.05, 0) is 12.2 Å². The predicted octanol–water partition coefficient (Wildman–Crippen LogP) is 2.75. The van der Waals surface area contributed by atoms with E-state index in [1.54, 1.807) is 11.0 Å². The van der Waals surface area contributed by atoms with Gasteiger partial charge in [0.2, 0.25) is 4.46 Å². The summed E-state index contributed by atoms with van der Waals surface area (Å²) in [6.45, 7) is 0. The summed E-state index contributed by atoms with van der Waals surface area (Å²) in [7, 11) is 1.82. The van der Waals surface area contributed by atoms with Gasteiger partial charge in [-0.3, -0.25) is 0 Å². The maximum Gasteiger partial charge on any atom is 0.209 e. The number of rotatable bonds is 0. The first kappa shape index (κ1) is 10.6. The minimum Gasteiger partial charge on any atom is -0.347 e. The zero-order valence-electron chi connectivity index (χ0n) is 5.42. The van der Waals surface area contributed by atoms with E-state index >= 15 is 0 Å². The van der Waals surface area contributed by atoms with Crippen molar-refractivity contribution in [3.63, 3.8) is 0 Å². The zero-order valence-corrected chi connectivity index (χ0v) is 9.26. The molecular formula is C6H8Cl2IN. The van der Waals surface area contributed by atoms with Crippen LogP contribution in [0.2, 0.25) is 0 Å². The van der Waals surface area contributed by atoms with E-state index in [1.807, 2.05) is 25.4 Å². The number of allylic oxidation sites excluding steroid dienone is 2. The van der Waals surface area contributed by atoms with E-state index in [-0.39, 0.29) is 24.0 Å². The van der Waals surface area contributed by atoms with E-state index < -0.39 is 4.46 Å². The van der Waals surface area contributed by atoms with E-state index in [2.05, 4.69) is 0 Å². The molecule has 1 aliphatic rings. The molecule has 0 amide bonds. The Kier molecular flexibility index (Phi) is 4.06. The van der Waals surface area contributed by atoms with Gasteiger partial charge in [0.1, 0.15) is 0 Å². The van der Waals surface area contributed by atoms with E-state index in [4.69, 9.17) is 23.2 Å². The van der Waals surface area contributed by atoms with E-state index in [9.17, 15) is 0 Å². The van der Waals surface area contributed by atoms with Crippen molar-refractivity contribution in [1.82, 2.24) is 4.90 Å². The molecular weight excluding hydrogens is 284 g/mol. The van der Waals surface area contributed by atoms with Gasteiger partial charge in [-0.2, -0.15) is 0 Å². The van der Waals surface area contributed by atoms with Crippen LogP contribution in [-0.4, -0.2) is 16.4 Å². The van der Waals surface area contributed by atoms with Crippen molar-refractivity contribution in [2.45, 2.75) is 4.46 Å². The van der Waals surface area contributed by atoms with Crippen molar-refractivity contribution >= 4 is 47.2 Å². The van der Waals surface area contributed by atoms with Crippen molar-refractivity contribution in [2.75, 3.05) is 7.05 Å². The van der Waals surface area contributed by atoms with Crippen LogP contribution in [0.4, 0.5) is 0 Å². The quantitative estimate of drug-likeness (QED) is 0.377. The summed E-state index contributed by atoms with van der Waals surface area (Å²) in [6, 6.07) is 0. The van der Waals surface area contributed by atoms with Crippen molar-refractivity contribution in [3.8, 4) is 0 Å². The van der Waals surface area contributed by atoms with Crippen molar-refractivity contribution in [2.24, 2.45) is 0 Å². The third-order valence-electron chi connectivity index (χ3n) is 1.19. The summed E-state index contributed by atoms with van der Waals surface area (Å²) in [6.07, 6.45) is 7.24. The first-order valence-corrected chi connectivity index (χ1v) is 3.35. The lowest BCUT2D eigenvalue weighted by Gasteiger charge is -2.28. The standard InChI is InChI=1S/C6H7Cl2N.HI/c1-9-5-3-2-4-6(9,7)8;/h2-5H,1H3;1H. The number of hydrogen-bond acceptors (Lipinski definition) is 1. The number of halogens is 3. The van der Waals surface area contributed by atoms with Crippen LogP contribution in [0.15, 0.2) is 24.4 Å². The lowest BCUT2D eigenvalue weighted by atomic mass is 10.4. The Morgan fingerprint density at radius 2 is 1.90 bits per heavy atom.